The monoisotopic (exact) mass is 422 g/mol. The standard InChI is InChI=1S/C22H16ClFN4O2/c23-16-6-4-15(5-7-16)22-12-18-17(2-1-9-25-18)21(30)28(22)11-10-27(22)20(29)14-3-8-19(24)26-13-14/h1-9,13H,10-12H2/t22-/m1/s1. The van der Waals surface area contributed by atoms with E-state index in [4.69, 9.17) is 11.6 Å². The van der Waals surface area contributed by atoms with Crippen LogP contribution in [0.25, 0.3) is 0 Å². The third-order valence-electron chi connectivity index (χ3n) is 5.75. The van der Waals surface area contributed by atoms with Crippen molar-refractivity contribution in [3.8, 4) is 0 Å². The van der Waals surface area contributed by atoms with Crippen molar-refractivity contribution in [1.29, 1.82) is 0 Å². The van der Waals surface area contributed by atoms with E-state index in [1.807, 2.05) is 12.1 Å². The first kappa shape index (κ1) is 18.7. The summed E-state index contributed by atoms with van der Waals surface area (Å²) in [7, 11) is 0. The van der Waals surface area contributed by atoms with Gasteiger partial charge in [0, 0.05) is 36.9 Å². The molecule has 2 aromatic heterocycles. The minimum absolute atomic E-state index is 0.174. The zero-order valence-corrected chi connectivity index (χ0v) is 16.5. The third-order valence-corrected chi connectivity index (χ3v) is 6.00. The van der Waals surface area contributed by atoms with E-state index in [-0.39, 0.29) is 17.4 Å². The second-order valence-electron chi connectivity index (χ2n) is 7.28. The predicted molar refractivity (Wildman–Crippen MR) is 107 cm³/mol. The van der Waals surface area contributed by atoms with Crippen LogP contribution in [0.15, 0.2) is 60.9 Å². The van der Waals surface area contributed by atoms with Gasteiger partial charge in [-0.25, -0.2) is 4.98 Å². The number of carbonyl (C=O) groups is 2. The van der Waals surface area contributed by atoms with E-state index in [2.05, 4.69) is 9.97 Å². The quantitative estimate of drug-likeness (QED) is 0.594. The molecule has 1 atom stereocenters. The van der Waals surface area contributed by atoms with E-state index in [1.54, 1.807) is 40.3 Å². The molecule has 0 saturated carbocycles. The second kappa shape index (κ2) is 6.88. The first-order valence-corrected chi connectivity index (χ1v) is 9.84. The molecule has 2 amide bonds. The molecule has 30 heavy (non-hydrogen) atoms. The molecule has 1 saturated heterocycles. The van der Waals surface area contributed by atoms with Crippen LogP contribution >= 0.6 is 11.6 Å². The Hall–Kier alpha value is -3.32. The smallest absolute Gasteiger partial charge is 0.257 e. The molecule has 3 aromatic rings. The van der Waals surface area contributed by atoms with Crippen LogP contribution in [0.1, 0.15) is 32.0 Å². The molecule has 0 aliphatic carbocycles. The molecular formula is C22H16ClFN4O2. The molecule has 0 bridgehead atoms. The molecule has 2 aliphatic heterocycles. The van der Waals surface area contributed by atoms with Crippen LogP contribution in [-0.2, 0) is 12.1 Å². The Kier molecular flexibility index (Phi) is 4.29. The van der Waals surface area contributed by atoms with Crippen LogP contribution in [-0.4, -0.2) is 44.7 Å². The lowest BCUT2D eigenvalue weighted by atomic mass is 9.86. The molecule has 0 spiro atoms. The fraction of sp³-hybridized carbons (Fsp3) is 0.182. The number of aromatic nitrogens is 2. The maximum absolute atomic E-state index is 13.5. The topological polar surface area (TPSA) is 66.4 Å². The number of rotatable bonds is 2. The zero-order valence-electron chi connectivity index (χ0n) is 15.8. The molecule has 5 rings (SSSR count). The number of benzene rings is 1. The highest BCUT2D eigenvalue weighted by Gasteiger charge is 2.56. The lowest BCUT2D eigenvalue weighted by Crippen LogP contribution is -2.58. The van der Waals surface area contributed by atoms with E-state index in [1.165, 1.54) is 12.3 Å². The van der Waals surface area contributed by atoms with Crippen molar-refractivity contribution in [3.63, 3.8) is 0 Å². The van der Waals surface area contributed by atoms with Crippen molar-refractivity contribution in [2.75, 3.05) is 13.1 Å². The molecule has 8 heteroatoms. The Morgan fingerprint density at radius 2 is 1.87 bits per heavy atom. The van der Waals surface area contributed by atoms with Crippen LogP contribution in [0.5, 0.6) is 0 Å². The van der Waals surface area contributed by atoms with Crippen molar-refractivity contribution in [1.82, 2.24) is 19.8 Å². The Morgan fingerprint density at radius 3 is 2.60 bits per heavy atom. The summed E-state index contributed by atoms with van der Waals surface area (Å²) >= 11 is 6.09. The first-order valence-electron chi connectivity index (χ1n) is 9.46. The fourth-order valence-corrected chi connectivity index (χ4v) is 4.51. The Bertz CT molecular complexity index is 1150. The molecule has 1 aromatic carbocycles. The van der Waals surface area contributed by atoms with E-state index < -0.39 is 11.6 Å². The van der Waals surface area contributed by atoms with Gasteiger partial charge in [0.25, 0.3) is 11.8 Å². The van der Waals surface area contributed by atoms with Crippen molar-refractivity contribution in [3.05, 3.63) is 94.3 Å². The Morgan fingerprint density at radius 1 is 1.07 bits per heavy atom. The maximum Gasteiger partial charge on any atom is 0.257 e. The van der Waals surface area contributed by atoms with Crippen molar-refractivity contribution >= 4 is 23.4 Å². The third kappa shape index (κ3) is 2.69. The van der Waals surface area contributed by atoms with Gasteiger partial charge in [0.15, 0.2) is 0 Å². The lowest BCUT2D eigenvalue weighted by Gasteiger charge is -2.46. The summed E-state index contributed by atoms with van der Waals surface area (Å²) in [6, 6.07) is 13.2. The van der Waals surface area contributed by atoms with Gasteiger partial charge in [0.2, 0.25) is 5.95 Å². The van der Waals surface area contributed by atoms with Crippen LogP contribution in [0.2, 0.25) is 5.02 Å². The second-order valence-corrected chi connectivity index (χ2v) is 7.72. The number of fused-ring (bicyclic) bond motifs is 2. The molecule has 6 nitrogen and oxygen atoms in total. The van der Waals surface area contributed by atoms with Crippen molar-refractivity contribution < 1.29 is 14.0 Å². The van der Waals surface area contributed by atoms with Crippen molar-refractivity contribution in [2.24, 2.45) is 0 Å². The van der Waals surface area contributed by atoms with E-state index in [0.717, 1.165) is 11.6 Å². The normalized spacial score (nSPS) is 20.1. The number of nitrogens with zero attached hydrogens (tertiary/aromatic N) is 4. The van der Waals surface area contributed by atoms with Crippen LogP contribution in [0.4, 0.5) is 4.39 Å². The number of hydrogen-bond donors (Lipinski definition) is 0. The minimum atomic E-state index is -1.05. The number of carbonyl (C=O) groups excluding carboxylic acids is 2. The van der Waals surface area contributed by atoms with Gasteiger partial charge in [0.05, 0.1) is 16.8 Å². The highest BCUT2D eigenvalue weighted by molar-refractivity contribution is 6.30. The summed E-state index contributed by atoms with van der Waals surface area (Å²) in [5.41, 5.74) is 1.14. The van der Waals surface area contributed by atoms with E-state index in [9.17, 15) is 14.0 Å². The van der Waals surface area contributed by atoms with Gasteiger partial charge < -0.3 is 9.80 Å². The number of hydrogen-bond acceptors (Lipinski definition) is 4. The molecule has 1 fully saturated rings. The Balaban J connectivity index is 1.68. The van der Waals surface area contributed by atoms with Gasteiger partial charge in [-0.2, -0.15) is 4.39 Å². The van der Waals surface area contributed by atoms with Gasteiger partial charge in [-0.3, -0.25) is 14.6 Å². The van der Waals surface area contributed by atoms with Gasteiger partial charge in [-0.05, 0) is 42.0 Å². The summed E-state index contributed by atoms with van der Waals surface area (Å²) in [5, 5.41) is 0.556. The predicted octanol–water partition coefficient (Wildman–Crippen LogP) is 3.28. The number of pyridine rings is 2. The van der Waals surface area contributed by atoms with Crippen molar-refractivity contribution in [2.45, 2.75) is 12.1 Å². The first-order chi connectivity index (χ1) is 14.5. The minimum Gasteiger partial charge on any atom is -0.309 e. The van der Waals surface area contributed by atoms with Crippen LogP contribution in [0, 0.1) is 5.95 Å². The highest BCUT2D eigenvalue weighted by Crippen LogP contribution is 2.45. The molecule has 0 radical (unpaired) electrons. The molecule has 2 aliphatic rings. The summed E-state index contributed by atoms with van der Waals surface area (Å²) in [6.07, 6.45) is 3.20. The fourth-order valence-electron chi connectivity index (χ4n) is 4.39. The van der Waals surface area contributed by atoms with Crippen LogP contribution in [0.3, 0.4) is 0 Å². The highest BCUT2D eigenvalue weighted by atomic mass is 35.5. The average molecular weight is 423 g/mol. The molecule has 0 unspecified atom stereocenters. The molecule has 0 N–H and O–H groups in total. The largest absolute Gasteiger partial charge is 0.309 e. The number of halogens is 2. The van der Waals surface area contributed by atoms with Gasteiger partial charge in [0.1, 0.15) is 5.66 Å². The van der Waals surface area contributed by atoms with Crippen LogP contribution < -0.4 is 0 Å². The number of amides is 2. The molecule has 4 heterocycles. The summed E-state index contributed by atoms with van der Waals surface area (Å²) in [6.45, 7) is 0.703. The van der Waals surface area contributed by atoms with Gasteiger partial charge >= 0.3 is 0 Å². The van der Waals surface area contributed by atoms with E-state index >= 15 is 0 Å². The van der Waals surface area contributed by atoms with Gasteiger partial charge in [-0.1, -0.05) is 23.7 Å². The summed E-state index contributed by atoms with van der Waals surface area (Å²) in [5.74, 6) is -1.16. The lowest BCUT2D eigenvalue weighted by molar-refractivity contribution is 0.00702. The SMILES string of the molecule is O=C(c1ccc(F)nc1)N1CCN2C(=O)c3cccnc3C[C@@]12c1ccc(Cl)cc1. The molecular weight excluding hydrogens is 407 g/mol. The summed E-state index contributed by atoms with van der Waals surface area (Å²) < 4.78 is 13.3. The Labute approximate surface area is 176 Å². The zero-order chi connectivity index (χ0) is 20.9. The molecule has 150 valence electrons. The maximum atomic E-state index is 13.5. The average Bonchev–Trinajstić information content (AvgIpc) is 3.15. The summed E-state index contributed by atoms with van der Waals surface area (Å²) in [4.78, 5) is 38.2. The van der Waals surface area contributed by atoms with E-state index in [0.29, 0.717) is 35.8 Å². The van der Waals surface area contributed by atoms with Gasteiger partial charge in [-0.15, -0.1) is 0 Å².